The number of hydrogen-bond acceptors (Lipinski definition) is 6. The fourth-order valence-electron chi connectivity index (χ4n) is 5.98. The van der Waals surface area contributed by atoms with E-state index in [0.717, 1.165) is 25.3 Å². The van der Waals surface area contributed by atoms with Crippen LogP contribution in [0.2, 0.25) is 0 Å². The molecule has 4 aliphatic rings. The Hall–Kier alpha value is -2.62. The fraction of sp³-hybridized carbons (Fsp3) is 0.609. The first-order valence-electron chi connectivity index (χ1n) is 11.0. The second-order valence-electron chi connectivity index (χ2n) is 9.54. The lowest BCUT2D eigenvalue weighted by molar-refractivity contribution is -0.161. The molecule has 2 N–H and O–H groups in total. The summed E-state index contributed by atoms with van der Waals surface area (Å²) in [5, 5.41) is 13.2. The first kappa shape index (κ1) is 23.5. The molecule has 4 saturated carbocycles. The highest BCUT2D eigenvalue weighted by Gasteiger charge is 2.51. The Morgan fingerprint density at radius 3 is 1.94 bits per heavy atom. The van der Waals surface area contributed by atoms with E-state index in [9.17, 15) is 32.7 Å². The van der Waals surface area contributed by atoms with Crippen molar-refractivity contribution in [3.05, 3.63) is 35.4 Å². The molecule has 1 amide bonds. The van der Waals surface area contributed by atoms with E-state index in [0.29, 0.717) is 17.8 Å². The van der Waals surface area contributed by atoms with Crippen molar-refractivity contribution < 1.29 is 42.1 Å². The molecular weight excluding hydrogens is 443 g/mol. The van der Waals surface area contributed by atoms with Crippen molar-refractivity contribution in [2.24, 2.45) is 17.8 Å². The fourth-order valence-corrected chi connectivity index (χ4v) is 5.98. The van der Waals surface area contributed by atoms with E-state index in [1.807, 2.05) is 0 Å². The number of carbonyl (C=O) groups is 3. The lowest BCUT2D eigenvalue weighted by Crippen LogP contribution is -2.61. The number of aliphatic hydroxyl groups excluding tert-OH is 1. The summed E-state index contributed by atoms with van der Waals surface area (Å²) in [7, 11) is 0. The van der Waals surface area contributed by atoms with Gasteiger partial charge in [-0.25, -0.2) is 9.59 Å². The molecule has 0 aliphatic heterocycles. The van der Waals surface area contributed by atoms with Gasteiger partial charge in [0.2, 0.25) is 0 Å². The second-order valence-corrected chi connectivity index (χ2v) is 9.54. The van der Waals surface area contributed by atoms with Crippen molar-refractivity contribution in [2.75, 3.05) is 13.2 Å². The summed E-state index contributed by atoms with van der Waals surface area (Å²) in [6.45, 7) is -2.44. The van der Waals surface area contributed by atoms with Crippen LogP contribution < -0.4 is 5.32 Å². The topological polar surface area (TPSA) is 102 Å². The molecule has 1 aromatic carbocycles. The van der Waals surface area contributed by atoms with Crippen LogP contribution >= 0.6 is 0 Å². The molecule has 7 nitrogen and oxygen atoms in total. The number of aliphatic hydroxyl groups is 1. The van der Waals surface area contributed by atoms with Gasteiger partial charge in [0.15, 0.2) is 12.7 Å². The molecule has 4 fully saturated rings. The summed E-state index contributed by atoms with van der Waals surface area (Å²) in [6.07, 6.45) is -0.0502. The molecule has 1 aromatic rings. The summed E-state index contributed by atoms with van der Waals surface area (Å²) < 4.78 is 46.1. The van der Waals surface area contributed by atoms with Gasteiger partial charge in [0.25, 0.3) is 5.91 Å². The van der Waals surface area contributed by atoms with Crippen LogP contribution in [0.4, 0.5) is 13.2 Å². The smallest absolute Gasteiger partial charge is 0.422 e. The van der Waals surface area contributed by atoms with E-state index in [1.54, 1.807) is 0 Å². The summed E-state index contributed by atoms with van der Waals surface area (Å²) in [4.78, 5) is 37.0. The van der Waals surface area contributed by atoms with Gasteiger partial charge in [-0.15, -0.1) is 0 Å². The van der Waals surface area contributed by atoms with Gasteiger partial charge in [-0.05, 0) is 68.4 Å². The van der Waals surface area contributed by atoms with Crippen LogP contribution in [0.1, 0.15) is 59.2 Å². The first-order chi connectivity index (χ1) is 15.5. The summed E-state index contributed by atoms with van der Waals surface area (Å²) in [6, 6.07) is 5.07. The number of amides is 1. The Kier molecular flexibility index (Phi) is 6.39. The highest BCUT2D eigenvalue weighted by molar-refractivity contribution is 6.03. The van der Waals surface area contributed by atoms with Crippen molar-refractivity contribution in [1.82, 2.24) is 5.32 Å². The number of halogens is 3. The van der Waals surface area contributed by atoms with E-state index >= 15 is 0 Å². The molecular formula is C23H26F3NO6. The predicted octanol–water partition coefficient (Wildman–Crippen LogP) is 3.01. The molecule has 33 heavy (non-hydrogen) atoms. The largest absolute Gasteiger partial charge is 0.459 e. The van der Waals surface area contributed by atoms with Gasteiger partial charge in [-0.2, -0.15) is 13.2 Å². The van der Waals surface area contributed by atoms with Gasteiger partial charge >= 0.3 is 18.1 Å². The Labute approximate surface area is 188 Å². The number of nitrogens with one attached hydrogen (secondary N) is 1. The number of ether oxygens (including phenoxy) is 2. The van der Waals surface area contributed by atoms with Crippen molar-refractivity contribution in [1.29, 1.82) is 0 Å². The number of esters is 2. The molecule has 10 heteroatoms. The van der Waals surface area contributed by atoms with E-state index in [2.05, 4.69) is 10.1 Å². The Morgan fingerprint density at radius 2 is 1.45 bits per heavy atom. The highest BCUT2D eigenvalue weighted by atomic mass is 19.4. The number of rotatable bonds is 7. The molecule has 0 heterocycles. The van der Waals surface area contributed by atoms with Crippen LogP contribution in [-0.4, -0.2) is 54.0 Å². The number of alkyl halides is 3. The first-order valence-corrected chi connectivity index (χ1v) is 11.0. The van der Waals surface area contributed by atoms with E-state index in [4.69, 9.17) is 4.74 Å². The number of hydrogen-bond donors (Lipinski definition) is 2. The average Bonchev–Trinajstić information content (AvgIpc) is 2.73. The zero-order valence-corrected chi connectivity index (χ0v) is 17.9. The van der Waals surface area contributed by atoms with E-state index in [-0.39, 0.29) is 11.1 Å². The van der Waals surface area contributed by atoms with Crippen LogP contribution in [0.5, 0.6) is 0 Å². The van der Waals surface area contributed by atoms with Gasteiger partial charge < -0.3 is 19.9 Å². The molecule has 0 radical (unpaired) electrons. The van der Waals surface area contributed by atoms with Crippen LogP contribution in [0.15, 0.2) is 24.3 Å². The quantitative estimate of drug-likeness (QED) is 0.596. The molecule has 5 rings (SSSR count). The van der Waals surface area contributed by atoms with Crippen molar-refractivity contribution in [3.8, 4) is 0 Å². The third-order valence-corrected chi connectivity index (χ3v) is 6.84. The molecule has 4 bridgehead atoms. The molecule has 1 atom stereocenters. The SMILES string of the molecule is O=C(OCC(O)C(=O)NC12CC3CC(CC(C3)C1)C2)c1ccccc1C(=O)OCC(F)(F)F. The molecule has 0 saturated heterocycles. The normalized spacial score (nSPS) is 28.8. The van der Waals surface area contributed by atoms with Crippen molar-refractivity contribution in [3.63, 3.8) is 0 Å². The third-order valence-electron chi connectivity index (χ3n) is 6.84. The Bertz CT molecular complexity index is 896. The molecule has 0 aromatic heterocycles. The molecule has 1 unspecified atom stereocenters. The monoisotopic (exact) mass is 469 g/mol. The van der Waals surface area contributed by atoms with Gasteiger partial charge in [-0.3, -0.25) is 4.79 Å². The van der Waals surface area contributed by atoms with Crippen molar-refractivity contribution in [2.45, 2.75) is 56.3 Å². The Balaban J connectivity index is 1.32. The number of carbonyl (C=O) groups excluding carboxylic acids is 3. The van der Waals surface area contributed by atoms with Gasteiger partial charge in [-0.1, -0.05) is 12.1 Å². The van der Waals surface area contributed by atoms with Crippen molar-refractivity contribution >= 4 is 17.8 Å². The molecule has 4 aliphatic carbocycles. The van der Waals surface area contributed by atoms with Gasteiger partial charge in [0.05, 0.1) is 11.1 Å². The number of benzene rings is 1. The van der Waals surface area contributed by atoms with Gasteiger partial charge in [0.1, 0.15) is 6.61 Å². The lowest BCUT2D eigenvalue weighted by atomic mass is 9.53. The minimum atomic E-state index is -4.71. The summed E-state index contributed by atoms with van der Waals surface area (Å²) in [5.41, 5.74) is -1.04. The van der Waals surface area contributed by atoms with Crippen LogP contribution in [-0.2, 0) is 14.3 Å². The molecule has 180 valence electrons. The highest BCUT2D eigenvalue weighted by Crippen LogP contribution is 2.55. The molecule has 0 spiro atoms. The average molecular weight is 469 g/mol. The van der Waals surface area contributed by atoms with E-state index < -0.39 is 48.9 Å². The maximum Gasteiger partial charge on any atom is 0.422 e. The minimum Gasteiger partial charge on any atom is -0.459 e. The zero-order valence-electron chi connectivity index (χ0n) is 17.9. The van der Waals surface area contributed by atoms with Crippen LogP contribution in [0, 0.1) is 17.8 Å². The maximum atomic E-state index is 12.6. The zero-order chi connectivity index (χ0) is 23.8. The minimum absolute atomic E-state index is 0.314. The maximum absolute atomic E-state index is 12.6. The summed E-state index contributed by atoms with van der Waals surface area (Å²) in [5.74, 6) is -1.22. The predicted molar refractivity (Wildman–Crippen MR) is 108 cm³/mol. The van der Waals surface area contributed by atoms with Crippen LogP contribution in [0.25, 0.3) is 0 Å². The third kappa shape index (κ3) is 5.48. The van der Waals surface area contributed by atoms with E-state index in [1.165, 1.54) is 37.5 Å². The summed E-state index contributed by atoms with van der Waals surface area (Å²) >= 11 is 0. The second kappa shape index (κ2) is 8.96. The Morgan fingerprint density at radius 1 is 0.970 bits per heavy atom. The van der Waals surface area contributed by atoms with Gasteiger partial charge in [0, 0.05) is 5.54 Å². The lowest BCUT2D eigenvalue weighted by Gasteiger charge is -2.57. The standard InChI is InChI=1S/C23H26F3NO6/c24-23(25,26)12-33-21(31)17-4-2-1-3-16(17)20(30)32-11-18(28)19(29)27-22-8-13-5-14(9-22)7-15(6-13)10-22/h1-4,13-15,18,28H,5-12H2,(H,27,29). The van der Waals surface area contributed by atoms with Crippen LogP contribution in [0.3, 0.4) is 0 Å².